The average molecular weight is 228 g/mol. The molecule has 1 unspecified atom stereocenters. The van der Waals surface area contributed by atoms with Crippen LogP contribution in [0.25, 0.3) is 0 Å². The highest BCUT2D eigenvalue weighted by Gasteiger charge is 2.39. The molecule has 2 N–H and O–H groups in total. The molecular formula is C10H16N2O4. The van der Waals surface area contributed by atoms with Crippen molar-refractivity contribution in [1.29, 1.82) is 0 Å². The predicted molar refractivity (Wildman–Crippen MR) is 55.5 cm³/mol. The first-order valence-corrected chi connectivity index (χ1v) is 5.01. The van der Waals surface area contributed by atoms with E-state index in [4.69, 9.17) is 10.5 Å². The summed E-state index contributed by atoms with van der Waals surface area (Å²) in [4.78, 5) is 35.0. The molecule has 0 radical (unpaired) electrons. The highest BCUT2D eigenvalue weighted by molar-refractivity contribution is 5.96. The number of nitrogens with two attached hydrogens (primary N) is 1. The van der Waals surface area contributed by atoms with Crippen LogP contribution in [0.15, 0.2) is 0 Å². The summed E-state index contributed by atoms with van der Waals surface area (Å²) in [5.41, 5.74) is 4.45. The number of carbonyl (C=O) groups excluding carboxylic acids is 3. The van der Waals surface area contributed by atoms with Gasteiger partial charge in [0, 0.05) is 6.42 Å². The minimum atomic E-state index is -0.873. The Morgan fingerprint density at radius 3 is 2.44 bits per heavy atom. The lowest BCUT2D eigenvalue weighted by Gasteiger charge is -2.26. The number of carbonyl (C=O) groups is 3. The third-order valence-electron chi connectivity index (χ3n) is 2.10. The van der Waals surface area contributed by atoms with Crippen LogP contribution < -0.4 is 5.73 Å². The van der Waals surface area contributed by atoms with Crippen LogP contribution in [0.4, 0.5) is 4.79 Å². The quantitative estimate of drug-likeness (QED) is 0.686. The highest BCUT2D eigenvalue weighted by atomic mass is 16.6. The summed E-state index contributed by atoms with van der Waals surface area (Å²) in [6.07, 6.45) is -0.698. The fourth-order valence-corrected chi connectivity index (χ4v) is 1.46. The van der Waals surface area contributed by atoms with Gasteiger partial charge in [0.05, 0.1) is 6.54 Å². The Morgan fingerprint density at radius 2 is 2.00 bits per heavy atom. The Bertz CT molecular complexity index is 332. The molecule has 0 aliphatic carbocycles. The van der Waals surface area contributed by atoms with Crippen molar-refractivity contribution in [1.82, 2.24) is 4.90 Å². The van der Waals surface area contributed by atoms with Crippen molar-refractivity contribution < 1.29 is 19.1 Å². The Kier molecular flexibility index (Phi) is 3.21. The summed E-state index contributed by atoms with van der Waals surface area (Å²) in [6, 6.07) is -0.873. The van der Waals surface area contributed by atoms with Gasteiger partial charge in [-0.15, -0.1) is 0 Å². The maximum absolute atomic E-state index is 11.7. The van der Waals surface area contributed by atoms with Crippen molar-refractivity contribution in [3.05, 3.63) is 0 Å². The molecule has 1 aliphatic rings. The largest absolute Gasteiger partial charge is 0.444 e. The van der Waals surface area contributed by atoms with E-state index in [1.54, 1.807) is 20.8 Å². The molecule has 2 amide bonds. The van der Waals surface area contributed by atoms with E-state index >= 15 is 0 Å². The zero-order valence-electron chi connectivity index (χ0n) is 9.65. The van der Waals surface area contributed by atoms with Crippen molar-refractivity contribution in [3.8, 4) is 0 Å². The smallest absolute Gasteiger partial charge is 0.411 e. The van der Waals surface area contributed by atoms with E-state index < -0.39 is 23.6 Å². The van der Waals surface area contributed by atoms with Crippen LogP contribution in [-0.4, -0.2) is 40.9 Å². The van der Waals surface area contributed by atoms with Crippen molar-refractivity contribution in [2.45, 2.75) is 38.8 Å². The number of hydrogen-bond donors (Lipinski definition) is 1. The van der Waals surface area contributed by atoms with Crippen LogP contribution in [0.1, 0.15) is 27.2 Å². The second kappa shape index (κ2) is 4.11. The van der Waals surface area contributed by atoms with E-state index in [0.717, 1.165) is 4.90 Å². The van der Waals surface area contributed by atoms with Crippen LogP contribution in [-0.2, 0) is 14.3 Å². The van der Waals surface area contributed by atoms with Gasteiger partial charge in [0.15, 0.2) is 5.78 Å². The summed E-state index contributed by atoms with van der Waals surface area (Å²) in [6.45, 7) is 5.02. The van der Waals surface area contributed by atoms with Crippen molar-refractivity contribution in [3.63, 3.8) is 0 Å². The van der Waals surface area contributed by atoms with Gasteiger partial charge in [-0.05, 0) is 20.8 Å². The van der Waals surface area contributed by atoms with E-state index in [2.05, 4.69) is 0 Å². The molecule has 1 fully saturated rings. The number of Topliss-reactive ketones (excluding diaryl/α,β-unsaturated/α-hetero) is 1. The lowest BCUT2D eigenvalue weighted by Crippen LogP contribution is -2.45. The van der Waals surface area contributed by atoms with Gasteiger partial charge in [0.2, 0.25) is 5.91 Å². The summed E-state index contributed by atoms with van der Waals surface area (Å²) < 4.78 is 5.08. The van der Waals surface area contributed by atoms with E-state index in [0.29, 0.717) is 0 Å². The van der Waals surface area contributed by atoms with Gasteiger partial charge in [-0.1, -0.05) is 0 Å². The number of primary amides is 1. The molecule has 6 heteroatoms. The lowest BCUT2D eigenvalue weighted by molar-refractivity contribution is -0.123. The molecule has 1 aliphatic heterocycles. The average Bonchev–Trinajstić information content (AvgIpc) is 2.44. The molecule has 0 saturated carbocycles. The Balaban J connectivity index is 2.75. The Hall–Kier alpha value is -1.59. The van der Waals surface area contributed by atoms with Crippen LogP contribution >= 0.6 is 0 Å². The number of ether oxygens (including phenoxy) is 1. The minimum absolute atomic E-state index is 0.0193. The maximum Gasteiger partial charge on any atom is 0.411 e. The zero-order valence-corrected chi connectivity index (χ0v) is 9.65. The van der Waals surface area contributed by atoms with E-state index in [-0.39, 0.29) is 18.7 Å². The van der Waals surface area contributed by atoms with Crippen LogP contribution in [0, 0.1) is 0 Å². The van der Waals surface area contributed by atoms with Crippen LogP contribution in [0.5, 0.6) is 0 Å². The molecule has 0 bridgehead atoms. The summed E-state index contributed by atoms with van der Waals surface area (Å²) >= 11 is 0. The highest BCUT2D eigenvalue weighted by Crippen LogP contribution is 2.18. The van der Waals surface area contributed by atoms with E-state index in [1.165, 1.54) is 0 Å². The lowest BCUT2D eigenvalue weighted by atomic mass is 10.2. The number of amides is 2. The van der Waals surface area contributed by atoms with Gasteiger partial charge in [-0.3, -0.25) is 14.5 Å². The minimum Gasteiger partial charge on any atom is -0.444 e. The molecule has 1 saturated heterocycles. The molecule has 0 aromatic rings. The normalized spacial score (nSPS) is 21.1. The van der Waals surface area contributed by atoms with Gasteiger partial charge in [-0.25, -0.2) is 4.79 Å². The fraction of sp³-hybridized carbons (Fsp3) is 0.700. The summed E-state index contributed by atoms with van der Waals surface area (Å²) in [5.74, 6) is -0.869. The number of likely N-dealkylation sites (tertiary alicyclic amines) is 1. The monoisotopic (exact) mass is 228 g/mol. The standard InChI is InChI=1S/C10H16N2O4/c1-10(2,3)16-9(15)12-5-6(13)4-7(12)8(11)14/h7H,4-5H2,1-3H3,(H2,11,14). The second-order valence-corrected chi connectivity index (χ2v) is 4.77. The summed E-state index contributed by atoms with van der Waals surface area (Å²) in [5, 5.41) is 0. The molecule has 6 nitrogen and oxygen atoms in total. The van der Waals surface area contributed by atoms with Crippen molar-refractivity contribution in [2.24, 2.45) is 5.73 Å². The predicted octanol–water partition coefficient (Wildman–Crippen LogP) is 0.0502. The SMILES string of the molecule is CC(C)(C)OC(=O)N1CC(=O)CC1C(N)=O. The summed E-state index contributed by atoms with van der Waals surface area (Å²) in [7, 11) is 0. The zero-order chi connectivity index (χ0) is 12.5. The van der Waals surface area contributed by atoms with Crippen molar-refractivity contribution in [2.75, 3.05) is 6.54 Å². The molecule has 16 heavy (non-hydrogen) atoms. The molecule has 90 valence electrons. The Morgan fingerprint density at radius 1 is 1.44 bits per heavy atom. The molecule has 1 heterocycles. The number of ketones is 1. The van der Waals surface area contributed by atoms with Gasteiger partial charge in [0.25, 0.3) is 0 Å². The fourth-order valence-electron chi connectivity index (χ4n) is 1.46. The second-order valence-electron chi connectivity index (χ2n) is 4.77. The molecule has 0 aromatic carbocycles. The van der Waals surface area contributed by atoms with Crippen LogP contribution in [0.2, 0.25) is 0 Å². The number of nitrogens with zero attached hydrogens (tertiary/aromatic N) is 1. The first kappa shape index (κ1) is 12.5. The van der Waals surface area contributed by atoms with E-state index in [1.807, 2.05) is 0 Å². The van der Waals surface area contributed by atoms with Gasteiger partial charge in [-0.2, -0.15) is 0 Å². The first-order valence-electron chi connectivity index (χ1n) is 5.01. The van der Waals surface area contributed by atoms with Crippen LogP contribution in [0.3, 0.4) is 0 Å². The Labute approximate surface area is 93.7 Å². The van der Waals surface area contributed by atoms with Gasteiger partial charge in [0.1, 0.15) is 11.6 Å². The first-order chi connectivity index (χ1) is 7.20. The number of hydrogen-bond acceptors (Lipinski definition) is 4. The molecule has 0 spiro atoms. The van der Waals surface area contributed by atoms with Gasteiger partial charge >= 0.3 is 6.09 Å². The van der Waals surface area contributed by atoms with Crippen molar-refractivity contribution >= 4 is 17.8 Å². The number of rotatable bonds is 1. The van der Waals surface area contributed by atoms with E-state index in [9.17, 15) is 14.4 Å². The molecule has 1 atom stereocenters. The third kappa shape index (κ3) is 2.95. The maximum atomic E-state index is 11.7. The van der Waals surface area contributed by atoms with Gasteiger partial charge < -0.3 is 10.5 Å². The molecular weight excluding hydrogens is 212 g/mol. The topological polar surface area (TPSA) is 89.7 Å². The molecule has 1 rings (SSSR count). The third-order valence-corrected chi connectivity index (χ3v) is 2.10. The molecule has 0 aromatic heterocycles.